The maximum Gasteiger partial charge on any atom is 0.251 e. The van der Waals surface area contributed by atoms with Gasteiger partial charge in [0.2, 0.25) is 0 Å². The van der Waals surface area contributed by atoms with Gasteiger partial charge in [-0.1, -0.05) is 18.2 Å². The lowest BCUT2D eigenvalue weighted by Crippen LogP contribution is -2.22. The van der Waals surface area contributed by atoms with E-state index >= 15 is 0 Å². The molecule has 4 rings (SSSR count). The molecule has 2 heterocycles. The number of rotatable bonds is 5. The van der Waals surface area contributed by atoms with E-state index in [2.05, 4.69) is 20.5 Å². The van der Waals surface area contributed by atoms with E-state index in [-0.39, 0.29) is 11.5 Å². The number of hydrogen-bond donors (Lipinski definition) is 2. The highest BCUT2D eigenvalue weighted by atomic mass is 19.1. The average molecular weight is 411 g/mol. The number of nitrogens with one attached hydrogen (secondary N) is 2. The van der Waals surface area contributed by atoms with Crippen LogP contribution in [0.25, 0.3) is 22.4 Å². The van der Waals surface area contributed by atoms with Gasteiger partial charge in [0.15, 0.2) is 0 Å². The first kappa shape index (κ1) is 20.0. The molecule has 0 aliphatic heterocycles. The van der Waals surface area contributed by atoms with Crippen molar-refractivity contribution in [2.45, 2.75) is 13.5 Å². The number of carbonyl (C=O) groups is 1. The van der Waals surface area contributed by atoms with Gasteiger partial charge in [0.25, 0.3) is 5.91 Å². The van der Waals surface area contributed by atoms with Crippen molar-refractivity contribution in [2.24, 2.45) is 0 Å². The van der Waals surface area contributed by atoms with Crippen molar-refractivity contribution in [3.8, 4) is 28.5 Å². The van der Waals surface area contributed by atoms with Crippen LogP contribution in [0, 0.1) is 24.1 Å². The van der Waals surface area contributed by atoms with Gasteiger partial charge in [0.05, 0.1) is 17.5 Å². The third-order valence-electron chi connectivity index (χ3n) is 4.85. The summed E-state index contributed by atoms with van der Waals surface area (Å²) in [6, 6.07) is 15.3. The zero-order chi connectivity index (χ0) is 21.8. The van der Waals surface area contributed by atoms with Crippen LogP contribution >= 0.6 is 0 Å². The van der Waals surface area contributed by atoms with Crippen LogP contribution in [0.4, 0.5) is 4.39 Å². The van der Waals surface area contributed by atoms with Crippen molar-refractivity contribution in [3.05, 3.63) is 95.2 Å². The Labute approximate surface area is 178 Å². The first-order valence-corrected chi connectivity index (χ1v) is 9.58. The largest absolute Gasteiger partial charge is 0.348 e. The Bertz CT molecular complexity index is 1270. The Morgan fingerprint density at radius 1 is 1.16 bits per heavy atom. The first-order valence-electron chi connectivity index (χ1n) is 9.58. The number of carbonyl (C=O) groups excluding carboxylic acids is 1. The first-order chi connectivity index (χ1) is 15.0. The Hall–Kier alpha value is -4.31. The number of benzene rings is 2. The molecule has 0 radical (unpaired) electrons. The summed E-state index contributed by atoms with van der Waals surface area (Å²) in [5.41, 5.74) is 4.50. The lowest BCUT2D eigenvalue weighted by Gasteiger charge is -2.12. The molecule has 1 amide bonds. The minimum Gasteiger partial charge on any atom is -0.348 e. The Morgan fingerprint density at radius 3 is 2.71 bits per heavy atom. The van der Waals surface area contributed by atoms with Crippen LogP contribution in [0.15, 0.2) is 67.1 Å². The standard InChI is InChI=1S/C24H18FN5O/c1-15-5-6-23(27-11-15)18-7-17(20-3-2-4-22(25)21(20)10-26)8-19(9-18)24(31)28-12-16-13-29-30-14-16/h2-9,11,13-14H,12H2,1H3,(H,28,31)(H,29,30). The van der Waals surface area contributed by atoms with E-state index in [1.165, 1.54) is 6.07 Å². The van der Waals surface area contributed by atoms with Crippen LogP contribution in [0.5, 0.6) is 0 Å². The number of hydrogen-bond acceptors (Lipinski definition) is 4. The molecule has 0 bridgehead atoms. The Kier molecular flexibility index (Phi) is 5.54. The number of aromatic amines is 1. The highest BCUT2D eigenvalue weighted by Crippen LogP contribution is 2.30. The number of aryl methyl sites for hydroxylation is 1. The molecule has 31 heavy (non-hydrogen) atoms. The predicted octanol–water partition coefficient (Wildman–Crippen LogP) is 4.39. The molecule has 6 nitrogen and oxygen atoms in total. The molecular formula is C24H18FN5O. The Morgan fingerprint density at radius 2 is 2.00 bits per heavy atom. The number of amides is 1. The molecule has 0 fully saturated rings. The summed E-state index contributed by atoms with van der Waals surface area (Å²) in [5, 5.41) is 18.9. The van der Waals surface area contributed by atoms with Gasteiger partial charge < -0.3 is 5.32 Å². The molecule has 152 valence electrons. The second-order valence-corrected chi connectivity index (χ2v) is 7.08. The maximum atomic E-state index is 14.2. The second kappa shape index (κ2) is 8.59. The summed E-state index contributed by atoms with van der Waals surface area (Å²) >= 11 is 0. The molecule has 7 heteroatoms. The highest BCUT2D eigenvalue weighted by Gasteiger charge is 2.15. The quantitative estimate of drug-likeness (QED) is 0.509. The van der Waals surface area contributed by atoms with Crippen molar-refractivity contribution in [3.63, 3.8) is 0 Å². The molecule has 0 aliphatic carbocycles. The maximum absolute atomic E-state index is 14.2. The fourth-order valence-corrected chi connectivity index (χ4v) is 3.24. The summed E-state index contributed by atoms with van der Waals surface area (Å²) in [4.78, 5) is 17.3. The minimum atomic E-state index is -0.607. The van der Waals surface area contributed by atoms with Crippen LogP contribution in [-0.4, -0.2) is 21.1 Å². The van der Waals surface area contributed by atoms with E-state index in [4.69, 9.17) is 0 Å². The minimum absolute atomic E-state index is 0.0683. The molecule has 0 unspecified atom stereocenters. The van der Waals surface area contributed by atoms with Crippen molar-refractivity contribution in [1.82, 2.24) is 20.5 Å². The van der Waals surface area contributed by atoms with Gasteiger partial charge >= 0.3 is 0 Å². The Balaban J connectivity index is 1.79. The van der Waals surface area contributed by atoms with E-state index in [1.54, 1.807) is 48.9 Å². The topological polar surface area (TPSA) is 94.5 Å². The monoisotopic (exact) mass is 411 g/mol. The lowest BCUT2D eigenvalue weighted by atomic mass is 9.94. The average Bonchev–Trinajstić information content (AvgIpc) is 3.31. The van der Waals surface area contributed by atoms with Crippen molar-refractivity contribution in [2.75, 3.05) is 0 Å². The molecule has 0 spiro atoms. The SMILES string of the molecule is Cc1ccc(-c2cc(C(=O)NCc3cn[nH]c3)cc(-c3cccc(F)c3C#N)c2)nc1. The summed E-state index contributed by atoms with van der Waals surface area (Å²) < 4.78 is 14.2. The fourth-order valence-electron chi connectivity index (χ4n) is 3.24. The van der Waals surface area contributed by atoms with E-state index < -0.39 is 5.82 Å². The van der Waals surface area contributed by atoms with Crippen molar-refractivity contribution < 1.29 is 9.18 Å². The van der Waals surface area contributed by atoms with Gasteiger partial charge in [-0.3, -0.25) is 14.9 Å². The van der Waals surface area contributed by atoms with Crippen LogP contribution in [0.2, 0.25) is 0 Å². The van der Waals surface area contributed by atoms with Crippen LogP contribution in [-0.2, 0) is 6.54 Å². The van der Waals surface area contributed by atoms with E-state index in [0.717, 1.165) is 11.1 Å². The zero-order valence-corrected chi connectivity index (χ0v) is 16.7. The van der Waals surface area contributed by atoms with Gasteiger partial charge in [-0.2, -0.15) is 10.4 Å². The summed E-state index contributed by atoms with van der Waals surface area (Å²) in [5.74, 6) is -0.906. The van der Waals surface area contributed by atoms with Crippen molar-refractivity contribution >= 4 is 5.91 Å². The third-order valence-corrected chi connectivity index (χ3v) is 4.85. The number of nitriles is 1. The molecule has 0 atom stereocenters. The molecule has 0 saturated heterocycles. The number of halogens is 1. The van der Waals surface area contributed by atoms with E-state index in [0.29, 0.717) is 34.5 Å². The zero-order valence-electron chi connectivity index (χ0n) is 16.7. The lowest BCUT2D eigenvalue weighted by molar-refractivity contribution is 0.0951. The number of nitrogens with zero attached hydrogens (tertiary/aromatic N) is 3. The fraction of sp³-hybridized carbons (Fsp3) is 0.0833. The summed E-state index contributed by atoms with van der Waals surface area (Å²) in [6.45, 7) is 2.25. The summed E-state index contributed by atoms with van der Waals surface area (Å²) in [7, 11) is 0. The van der Waals surface area contributed by atoms with Crippen LogP contribution in [0.1, 0.15) is 27.0 Å². The molecule has 2 N–H and O–H groups in total. The summed E-state index contributed by atoms with van der Waals surface area (Å²) in [6.07, 6.45) is 5.07. The van der Waals surface area contributed by atoms with Gasteiger partial charge in [-0.15, -0.1) is 0 Å². The molecule has 0 saturated carbocycles. The number of H-pyrrole nitrogens is 1. The molecule has 2 aromatic carbocycles. The molecular weight excluding hydrogens is 393 g/mol. The van der Waals surface area contributed by atoms with E-state index in [9.17, 15) is 14.4 Å². The van der Waals surface area contributed by atoms with Crippen LogP contribution < -0.4 is 5.32 Å². The number of pyridine rings is 1. The van der Waals surface area contributed by atoms with Gasteiger partial charge in [-0.25, -0.2) is 4.39 Å². The van der Waals surface area contributed by atoms with Crippen molar-refractivity contribution in [1.29, 1.82) is 5.26 Å². The smallest absolute Gasteiger partial charge is 0.251 e. The molecule has 4 aromatic rings. The van der Waals surface area contributed by atoms with Crippen LogP contribution in [0.3, 0.4) is 0 Å². The van der Waals surface area contributed by atoms with Gasteiger partial charge in [0.1, 0.15) is 11.9 Å². The second-order valence-electron chi connectivity index (χ2n) is 7.08. The molecule has 0 aliphatic rings. The predicted molar refractivity (Wildman–Crippen MR) is 114 cm³/mol. The molecule has 2 aromatic heterocycles. The highest BCUT2D eigenvalue weighted by molar-refractivity contribution is 5.97. The number of aromatic nitrogens is 3. The van der Waals surface area contributed by atoms with E-state index in [1.807, 2.05) is 25.1 Å². The van der Waals surface area contributed by atoms with Gasteiger partial charge in [-0.05, 0) is 48.4 Å². The van der Waals surface area contributed by atoms with Gasteiger partial charge in [0, 0.05) is 41.2 Å². The third kappa shape index (κ3) is 4.33. The normalized spacial score (nSPS) is 10.5.